The first-order chi connectivity index (χ1) is 21.1. The Morgan fingerprint density at radius 3 is 2.40 bits per heavy atom. The van der Waals surface area contributed by atoms with Gasteiger partial charge in [-0.1, -0.05) is 60.5 Å². The number of primary amides is 1. The van der Waals surface area contributed by atoms with Crippen molar-refractivity contribution in [3.63, 3.8) is 0 Å². The molecule has 0 saturated carbocycles. The maximum absolute atomic E-state index is 12.1. The van der Waals surface area contributed by atoms with Gasteiger partial charge in [-0.3, -0.25) is 9.69 Å². The molecule has 3 fully saturated rings. The number of hydrogen-bond acceptors (Lipinski definition) is 5. The van der Waals surface area contributed by atoms with Crippen molar-refractivity contribution >= 4 is 29.0 Å². The van der Waals surface area contributed by atoms with Crippen LogP contribution in [0.5, 0.6) is 11.5 Å². The molecule has 2 atom stereocenters. The number of ether oxygens (including phenoxy) is 1. The number of anilines is 1. The number of para-hydroxylation sites is 1. The average molecular weight is 590 g/mol. The number of hydrogen-bond donors (Lipinski definition) is 1. The first kappa shape index (κ1) is 27.9. The predicted octanol–water partition coefficient (Wildman–Crippen LogP) is 8.51. The summed E-state index contributed by atoms with van der Waals surface area (Å²) < 4.78 is 6.07. The van der Waals surface area contributed by atoms with Crippen LogP contribution in [0.4, 0.5) is 5.69 Å². The summed E-state index contributed by atoms with van der Waals surface area (Å²) in [6, 6.07) is 30.4. The SMILES string of the molecule is NC(=O)c1ccc(N2CCC(=Cc3ccccc3-c3ccc(CN4C5CCCC4CC5)s3)CC2)cc1Oc1ccccc1. The molecule has 2 N–H and O–H groups in total. The van der Waals surface area contributed by atoms with E-state index in [2.05, 4.69) is 52.3 Å². The van der Waals surface area contributed by atoms with Crippen LogP contribution in [0, 0.1) is 0 Å². The van der Waals surface area contributed by atoms with Crippen LogP contribution in [0.3, 0.4) is 0 Å². The van der Waals surface area contributed by atoms with Crippen molar-refractivity contribution in [3.8, 4) is 21.9 Å². The number of rotatable bonds is 8. The van der Waals surface area contributed by atoms with Gasteiger partial charge in [0.05, 0.1) is 5.56 Å². The van der Waals surface area contributed by atoms with Crippen LogP contribution in [-0.4, -0.2) is 36.0 Å². The molecule has 7 rings (SSSR count). The second kappa shape index (κ2) is 12.4. The lowest BCUT2D eigenvalue weighted by molar-refractivity contribution is 0.0998. The first-order valence-corrected chi connectivity index (χ1v) is 16.5. The third-order valence-electron chi connectivity index (χ3n) is 9.40. The standard InChI is InChI=1S/C37H39N3O2S/c38-37(41)34-17-15-30(24-35(34)42-31-10-2-1-3-11-31)39-21-19-26(20-22-39)23-27-7-4-5-12-33(27)36-18-16-32(43-36)25-40-28-8-6-9-29(40)14-13-28/h1-5,7,10-12,15-18,23-24,28-29H,6,8-9,13-14,19-22,25H2,(H2,38,41). The molecule has 6 heteroatoms. The van der Waals surface area contributed by atoms with Crippen LogP contribution < -0.4 is 15.4 Å². The highest BCUT2D eigenvalue weighted by atomic mass is 32.1. The van der Waals surface area contributed by atoms with Crippen LogP contribution in [-0.2, 0) is 6.54 Å². The lowest BCUT2D eigenvalue weighted by Crippen LogP contribution is -2.38. The zero-order valence-corrected chi connectivity index (χ0v) is 25.4. The van der Waals surface area contributed by atoms with Crippen molar-refractivity contribution in [2.75, 3.05) is 18.0 Å². The Balaban J connectivity index is 1.04. The quantitative estimate of drug-likeness (QED) is 0.224. The lowest BCUT2D eigenvalue weighted by Gasteiger charge is -2.34. The van der Waals surface area contributed by atoms with Gasteiger partial charge in [0.15, 0.2) is 0 Å². The Morgan fingerprint density at radius 2 is 1.63 bits per heavy atom. The molecule has 3 saturated heterocycles. The van der Waals surface area contributed by atoms with Gasteiger partial charge in [-0.25, -0.2) is 0 Å². The van der Waals surface area contributed by atoms with E-state index in [1.54, 1.807) is 6.07 Å². The van der Waals surface area contributed by atoms with Gasteiger partial charge >= 0.3 is 0 Å². The molecule has 43 heavy (non-hydrogen) atoms. The third kappa shape index (κ3) is 6.13. The minimum Gasteiger partial charge on any atom is -0.456 e. The van der Waals surface area contributed by atoms with Crippen LogP contribution >= 0.6 is 11.3 Å². The Bertz CT molecular complexity index is 1600. The van der Waals surface area contributed by atoms with Crippen LogP contribution in [0.2, 0.25) is 0 Å². The maximum Gasteiger partial charge on any atom is 0.252 e. The molecular formula is C37H39N3O2S. The number of carbonyl (C=O) groups excluding carboxylic acids is 1. The van der Waals surface area contributed by atoms with Gasteiger partial charge in [-0.15, -0.1) is 11.3 Å². The number of benzene rings is 3. The van der Waals surface area contributed by atoms with E-state index < -0.39 is 5.91 Å². The molecule has 4 aromatic rings. The second-order valence-corrected chi connectivity index (χ2v) is 13.3. The highest BCUT2D eigenvalue weighted by Crippen LogP contribution is 2.39. The molecule has 2 unspecified atom stereocenters. The first-order valence-electron chi connectivity index (χ1n) is 15.7. The van der Waals surface area contributed by atoms with Crippen molar-refractivity contribution in [3.05, 3.63) is 107 Å². The molecule has 0 radical (unpaired) electrons. The van der Waals surface area contributed by atoms with E-state index in [-0.39, 0.29) is 0 Å². The highest BCUT2D eigenvalue weighted by molar-refractivity contribution is 7.15. The Morgan fingerprint density at radius 1 is 0.884 bits per heavy atom. The Kier molecular flexibility index (Phi) is 8.05. The molecule has 0 aliphatic carbocycles. The Hall–Kier alpha value is -3.87. The van der Waals surface area contributed by atoms with E-state index in [4.69, 9.17) is 10.5 Å². The van der Waals surface area contributed by atoms with Gasteiger partial charge < -0.3 is 15.4 Å². The predicted molar refractivity (Wildman–Crippen MR) is 177 cm³/mol. The molecule has 0 spiro atoms. The van der Waals surface area contributed by atoms with Crippen molar-refractivity contribution in [2.24, 2.45) is 5.73 Å². The molecule has 3 aliphatic rings. The minimum atomic E-state index is -0.489. The lowest BCUT2D eigenvalue weighted by atomic mass is 9.97. The minimum absolute atomic E-state index is 0.391. The molecule has 5 nitrogen and oxygen atoms in total. The van der Waals surface area contributed by atoms with Crippen LogP contribution in [0.25, 0.3) is 16.5 Å². The van der Waals surface area contributed by atoms with E-state index in [0.29, 0.717) is 17.1 Å². The fourth-order valence-corrected chi connectivity index (χ4v) is 8.21. The van der Waals surface area contributed by atoms with Gasteiger partial charge in [0.1, 0.15) is 11.5 Å². The zero-order chi connectivity index (χ0) is 29.2. The zero-order valence-electron chi connectivity index (χ0n) is 24.6. The maximum atomic E-state index is 12.1. The fraction of sp³-hybridized carbons (Fsp3) is 0.324. The smallest absolute Gasteiger partial charge is 0.252 e. The van der Waals surface area contributed by atoms with Gasteiger partial charge in [0.2, 0.25) is 0 Å². The summed E-state index contributed by atoms with van der Waals surface area (Å²) in [6.45, 7) is 2.93. The van der Waals surface area contributed by atoms with E-state index in [0.717, 1.165) is 50.2 Å². The molecule has 4 heterocycles. The summed E-state index contributed by atoms with van der Waals surface area (Å²) >= 11 is 1.97. The van der Waals surface area contributed by atoms with Crippen LogP contribution in [0.1, 0.15) is 65.7 Å². The highest BCUT2D eigenvalue weighted by Gasteiger charge is 2.36. The summed E-state index contributed by atoms with van der Waals surface area (Å²) in [7, 11) is 0. The van der Waals surface area contributed by atoms with E-state index in [1.807, 2.05) is 53.8 Å². The molecular weight excluding hydrogens is 550 g/mol. The van der Waals surface area contributed by atoms with Gasteiger partial charge in [0, 0.05) is 53.2 Å². The summed E-state index contributed by atoms with van der Waals surface area (Å²) in [4.78, 5) is 20.1. The summed E-state index contributed by atoms with van der Waals surface area (Å²) in [6.07, 6.45) is 11.3. The van der Waals surface area contributed by atoms with Gasteiger partial charge in [-0.2, -0.15) is 0 Å². The van der Waals surface area contributed by atoms with Gasteiger partial charge in [-0.05, 0) is 86.1 Å². The summed E-state index contributed by atoms with van der Waals surface area (Å²) in [5, 5.41) is 0. The van der Waals surface area contributed by atoms with E-state index in [1.165, 1.54) is 58.6 Å². The van der Waals surface area contributed by atoms with Crippen molar-refractivity contribution in [1.82, 2.24) is 4.90 Å². The number of fused-ring (bicyclic) bond motifs is 2. The monoisotopic (exact) mass is 589 g/mol. The number of carbonyl (C=O) groups is 1. The largest absolute Gasteiger partial charge is 0.456 e. The number of piperidine rings is 2. The molecule has 3 aromatic carbocycles. The van der Waals surface area contributed by atoms with E-state index >= 15 is 0 Å². The fourth-order valence-electron chi connectivity index (χ4n) is 7.14. The van der Waals surface area contributed by atoms with Gasteiger partial charge in [0.25, 0.3) is 5.91 Å². The van der Waals surface area contributed by atoms with Crippen molar-refractivity contribution in [2.45, 2.75) is 63.6 Å². The van der Waals surface area contributed by atoms with Crippen LogP contribution in [0.15, 0.2) is 90.5 Å². The number of nitrogens with two attached hydrogens (primary N) is 1. The normalized spacial score (nSPS) is 20.3. The number of thiophene rings is 1. The molecule has 220 valence electrons. The third-order valence-corrected chi connectivity index (χ3v) is 10.5. The molecule has 3 aliphatic heterocycles. The average Bonchev–Trinajstić information content (AvgIpc) is 3.57. The second-order valence-electron chi connectivity index (χ2n) is 12.1. The molecule has 1 amide bonds. The number of amides is 1. The summed E-state index contributed by atoms with van der Waals surface area (Å²) in [5.74, 6) is 0.687. The Labute approximate surface area is 258 Å². The summed E-state index contributed by atoms with van der Waals surface area (Å²) in [5.41, 5.74) is 11.2. The van der Waals surface area contributed by atoms with Crippen molar-refractivity contribution in [1.29, 1.82) is 0 Å². The van der Waals surface area contributed by atoms with Crippen molar-refractivity contribution < 1.29 is 9.53 Å². The molecule has 1 aromatic heterocycles. The van der Waals surface area contributed by atoms with E-state index in [9.17, 15) is 4.79 Å². The topological polar surface area (TPSA) is 58.8 Å². The number of nitrogens with zero attached hydrogens (tertiary/aromatic N) is 2. The molecule has 2 bridgehead atoms.